The Morgan fingerprint density at radius 1 is 1.15 bits per heavy atom. The SMILES string of the molecule is Cc1ccc(S(=O)(=O)O)c(-c2nc(C)cc(C)[n+]2C)c1. The Bertz CT molecular complexity index is 783. The molecule has 0 amide bonds. The molecule has 0 aliphatic carbocycles. The van der Waals surface area contributed by atoms with Crippen LogP contribution in [0.15, 0.2) is 29.2 Å². The van der Waals surface area contributed by atoms with E-state index in [2.05, 4.69) is 4.98 Å². The molecule has 1 N–H and O–H groups in total. The molecule has 1 aromatic heterocycles. The topological polar surface area (TPSA) is 71.1 Å². The monoisotopic (exact) mass is 293 g/mol. The smallest absolute Gasteiger partial charge is 0.282 e. The molecule has 0 unspecified atom stereocenters. The molecule has 0 spiro atoms. The highest BCUT2D eigenvalue weighted by atomic mass is 32.2. The second-order valence-corrected chi connectivity index (χ2v) is 6.29. The summed E-state index contributed by atoms with van der Waals surface area (Å²) in [5.74, 6) is 0.513. The summed E-state index contributed by atoms with van der Waals surface area (Å²) in [5, 5.41) is 0. The molecular weight excluding hydrogens is 276 g/mol. The molecule has 0 fully saturated rings. The molecule has 1 heterocycles. The summed E-state index contributed by atoms with van der Waals surface area (Å²) in [6.45, 7) is 5.63. The standard InChI is InChI=1S/C14H16N2O3S/c1-9-5-6-13(20(17,18)19)12(7-9)14-15-10(2)8-11(3)16(14)4/h5-8H,1-4H3/p+1. The number of hydrogen-bond donors (Lipinski definition) is 1. The van der Waals surface area contributed by atoms with E-state index < -0.39 is 10.1 Å². The first-order valence-corrected chi connectivity index (χ1v) is 7.57. The third-order valence-corrected chi connectivity index (χ3v) is 4.11. The summed E-state index contributed by atoms with van der Waals surface area (Å²) >= 11 is 0. The van der Waals surface area contributed by atoms with Crippen LogP contribution in [0.25, 0.3) is 11.4 Å². The van der Waals surface area contributed by atoms with Crippen LogP contribution in [0.4, 0.5) is 0 Å². The lowest BCUT2D eigenvalue weighted by Gasteiger charge is -2.07. The maximum atomic E-state index is 11.5. The Kier molecular flexibility index (Phi) is 3.62. The van der Waals surface area contributed by atoms with Crippen LogP contribution in [0.1, 0.15) is 17.0 Å². The normalized spacial score (nSPS) is 11.7. The van der Waals surface area contributed by atoms with Gasteiger partial charge < -0.3 is 0 Å². The number of aryl methyl sites for hydroxylation is 3. The number of rotatable bonds is 2. The molecule has 0 saturated heterocycles. The first-order valence-electron chi connectivity index (χ1n) is 6.13. The highest BCUT2D eigenvalue weighted by Crippen LogP contribution is 2.25. The summed E-state index contributed by atoms with van der Waals surface area (Å²) in [5.41, 5.74) is 3.05. The van der Waals surface area contributed by atoms with Crippen LogP contribution in [0.2, 0.25) is 0 Å². The minimum absolute atomic E-state index is 0.129. The zero-order valence-corrected chi connectivity index (χ0v) is 12.7. The fourth-order valence-corrected chi connectivity index (χ4v) is 2.79. The van der Waals surface area contributed by atoms with Crippen molar-refractivity contribution in [2.24, 2.45) is 7.05 Å². The van der Waals surface area contributed by atoms with Gasteiger partial charge in [-0.2, -0.15) is 8.42 Å². The first kappa shape index (κ1) is 14.6. The highest BCUT2D eigenvalue weighted by molar-refractivity contribution is 7.86. The van der Waals surface area contributed by atoms with Gasteiger partial charge in [-0.15, -0.1) is 0 Å². The van der Waals surface area contributed by atoms with Gasteiger partial charge in [-0.05, 0) is 31.0 Å². The lowest BCUT2D eigenvalue weighted by molar-refractivity contribution is -0.669. The van der Waals surface area contributed by atoms with E-state index >= 15 is 0 Å². The summed E-state index contributed by atoms with van der Waals surface area (Å²) in [6.07, 6.45) is 0. The third kappa shape index (κ3) is 2.71. The minimum Gasteiger partial charge on any atom is -0.282 e. The fourth-order valence-electron chi connectivity index (χ4n) is 2.12. The van der Waals surface area contributed by atoms with Crippen LogP contribution < -0.4 is 4.57 Å². The minimum atomic E-state index is -4.29. The Hall–Kier alpha value is -1.79. The zero-order chi connectivity index (χ0) is 15.1. The average Bonchev–Trinajstić information content (AvgIpc) is 2.32. The van der Waals surface area contributed by atoms with Crippen LogP contribution in [0.3, 0.4) is 0 Å². The Balaban J connectivity index is 2.86. The first-order chi connectivity index (χ1) is 9.20. The summed E-state index contributed by atoms with van der Waals surface area (Å²) in [4.78, 5) is 4.28. The van der Waals surface area contributed by atoms with E-state index in [0.29, 0.717) is 11.4 Å². The van der Waals surface area contributed by atoms with Gasteiger partial charge >= 0.3 is 5.82 Å². The number of hydrogen-bond acceptors (Lipinski definition) is 3. The average molecular weight is 293 g/mol. The fraction of sp³-hybridized carbons (Fsp3) is 0.286. The van der Waals surface area contributed by atoms with Crippen LogP contribution >= 0.6 is 0 Å². The van der Waals surface area contributed by atoms with Crippen molar-refractivity contribution in [2.75, 3.05) is 0 Å². The van der Waals surface area contributed by atoms with Gasteiger partial charge in [-0.1, -0.05) is 11.6 Å². The van der Waals surface area contributed by atoms with E-state index in [0.717, 1.165) is 17.0 Å². The van der Waals surface area contributed by atoms with Crippen molar-refractivity contribution in [2.45, 2.75) is 25.7 Å². The summed E-state index contributed by atoms with van der Waals surface area (Å²) in [6, 6.07) is 6.67. The molecule has 20 heavy (non-hydrogen) atoms. The van der Waals surface area contributed by atoms with E-state index in [9.17, 15) is 13.0 Å². The summed E-state index contributed by atoms with van der Waals surface area (Å²) < 4.78 is 34.3. The van der Waals surface area contributed by atoms with Crippen LogP contribution in [0, 0.1) is 20.8 Å². The van der Waals surface area contributed by atoms with Crippen molar-refractivity contribution >= 4 is 10.1 Å². The molecule has 106 valence electrons. The Morgan fingerprint density at radius 3 is 2.40 bits per heavy atom. The van der Waals surface area contributed by atoms with Gasteiger partial charge in [0.05, 0.1) is 12.6 Å². The van der Waals surface area contributed by atoms with Crippen LogP contribution in [0.5, 0.6) is 0 Å². The molecule has 6 heteroatoms. The van der Waals surface area contributed by atoms with E-state index in [1.165, 1.54) is 6.07 Å². The number of benzene rings is 1. The van der Waals surface area contributed by atoms with E-state index in [-0.39, 0.29) is 4.90 Å². The van der Waals surface area contributed by atoms with Gasteiger partial charge in [0.1, 0.15) is 10.6 Å². The molecule has 2 rings (SSSR count). The summed E-state index contributed by atoms with van der Waals surface area (Å²) in [7, 11) is -2.48. The van der Waals surface area contributed by atoms with E-state index in [1.807, 2.05) is 33.9 Å². The third-order valence-electron chi connectivity index (χ3n) is 3.20. The van der Waals surface area contributed by atoms with Gasteiger partial charge in [-0.25, -0.2) is 4.57 Å². The molecule has 0 aliphatic rings. The van der Waals surface area contributed by atoms with Gasteiger partial charge in [0.15, 0.2) is 5.69 Å². The van der Waals surface area contributed by atoms with E-state index in [4.69, 9.17) is 0 Å². The zero-order valence-electron chi connectivity index (χ0n) is 11.9. The van der Waals surface area contributed by atoms with Gasteiger partial charge in [0.2, 0.25) is 0 Å². The Labute approximate surface area is 118 Å². The maximum absolute atomic E-state index is 11.5. The molecular formula is C14H17N2O3S+. The van der Waals surface area contributed by atoms with E-state index in [1.54, 1.807) is 16.7 Å². The van der Waals surface area contributed by atoms with Crippen molar-refractivity contribution in [3.63, 3.8) is 0 Å². The largest absolute Gasteiger partial charge is 0.331 e. The second kappa shape index (κ2) is 4.96. The maximum Gasteiger partial charge on any atom is 0.331 e. The predicted molar refractivity (Wildman–Crippen MR) is 74.9 cm³/mol. The molecule has 0 bridgehead atoms. The molecule has 0 atom stereocenters. The van der Waals surface area contributed by atoms with Gasteiger partial charge in [0, 0.05) is 13.0 Å². The van der Waals surface area contributed by atoms with Crippen molar-refractivity contribution in [1.82, 2.24) is 4.98 Å². The molecule has 0 radical (unpaired) electrons. The molecule has 5 nitrogen and oxygen atoms in total. The van der Waals surface area contributed by atoms with Crippen molar-refractivity contribution in [1.29, 1.82) is 0 Å². The van der Waals surface area contributed by atoms with Crippen molar-refractivity contribution in [3.05, 3.63) is 41.2 Å². The van der Waals surface area contributed by atoms with Crippen molar-refractivity contribution in [3.8, 4) is 11.4 Å². The van der Waals surface area contributed by atoms with Crippen molar-refractivity contribution < 1.29 is 17.5 Å². The number of aromatic nitrogens is 2. The predicted octanol–water partition coefficient (Wildman–Crippen LogP) is 1.75. The molecule has 0 aliphatic heterocycles. The second-order valence-electron chi connectivity index (χ2n) is 4.90. The van der Waals surface area contributed by atoms with Gasteiger partial charge in [0.25, 0.3) is 10.1 Å². The van der Waals surface area contributed by atoms with Crippen LogP contribution in [-0.4, -0.2) is 18.0 Å². The number of nitrogens with zero attached hydrogens (tertiary/aromatic N) is 2. The highest BCUT2D eigenvalue weighted by Gasteiger charge is 2.25. The Morgan fingerprint density at radius 2 is 1.80 bits per heavy atom. The lowest BCUT2D eigenvalue weighted by Crippen LogP contribution is -2.36. The molecule has 1 aromatic carbocycles. The molecule has 0 saturated carbocycles. The quantitative estimate of drug-likeness (QED) is 0.676. The molecule has 2 aromatic rings. The van der Waals surface area contributed by atoms with Crippen LogP contribution in [-0.2, 0) is 17.2 Å². The lowest BCUT2D eigenvalue weighted by atomic mass is 10.1. The van der Waals surface area contributed by atoms with Gasteiger partial charge in [-0.3, -0.25) is 4.55 Å².